The molecule has 1 aromatic carbocycles. The number of nitrogens with zero attached hydrogens (tertiary/aromatic N) is 2. The lowest BCUT2D eigenvalue weighted by Gasteiger charge is -2.28. The highest BCUT2D eigenvalue weighted by Gasteiger charge is 2.33. The van der Waals surface area contributed by atoms with E-state index in [9.17, 15) is 9.59 Å². The van der Waals surface area contributed by atoms with Crippen molar-refractivity contribution in [3.05, 3.63) is 24.3 Å². The van der Waals surface area contributed by atoms with Gasteiger partial charge in [0.05, 0.1) is 18.0 Å². The monoisotopic (exact) mass is 391 g/mol. The van der Waals surface area contributed by atoms with E-state index in [1.54, 1.807) is 14.2 Å². The number of amidine groups is 1. The molecule has 1 unspecified atom stereocenters. The third-order valence-corrected chi connectivity index (χ3v) is 5.68. The van der Waals surface area contributed by atoms with Gasteiger partial charge in [0.1, 0.15) is 5.75 Å². The van der Waals surface area contributed by atoms with Gasteiger partial charge in [0.25, 0.3) is 0 Å². The first-order valence-corrected chi connectivity index (χ1v) is 10.4. The largest absolute Gasteiger partial charge is 0.497 e. The van der Waals surface area contributed by atoms with Crippen molar-refractivity contribution in [1.82, 2.24) is 10.2 Å². The number of rotatable bonds is 9. The molecule has 2 rings (SSSR count). The summed E-state index contributed by atoms with van der Waals surface area (Å²) in [6.07, 6.45) is 5.94. The van der Waals surface area contributed by atoms with Crippen molar-refractivity contribution < 1.29 is 14.3 Å². The van der Waals surface area contributed by atoms with Crippen LogP contribution in [0.5, 0.6) is 5.75 Å². The van der Waals surface area contributed by atoms with Crippen molar-refractivity contribution in [1.29, 1.82) is 0 Å². The molecule has 1 aromatic rings. The Morgan fingerprint density at radius 1 is 1.26 bits per heavy atom. The van der Waals surface area contributed by atoms with E-state index in [1.165, 1.54) is 35.9 Å². The van der Waals surface area contributed by atoms with Crippen LogP contribution in [0, 0.1) is 0 Å². The number of aliphatic imine (C=N–C) groups is 1. The zero-order chi connectivity index (χ0) is 19.6. The number of thioether (sulfide) groups is 1. The average molecular weight is 392 g/mol. The lowest BCUT2D eigenvalue weighted by atomic mass is 10.1. The molecule has 0 aromatic heterocycles. The Morgan fingerprint density at radius 2 is 1.96 bits per heavy atom. The minimum absolute atomic E-state index is 0.0839. The van der Waals surface area contributed by atoms with Gasteiger partial charge in [-0.2, -0.15) is 0 Å². The third kappa shape index (κ3) is 6.57. The molecule has 148 valence electrons. The second-order valence-electron chi connectivity index (χ2n) is 6.56. The highest BCUT2D eigenvalue weighted by Crippen LogP contribution is 2.28. The molecule has 1 atom stereocenters. The van der Waals surface area contributed by atoms with Gasteiger partial charge in [-0.3, -0.25) is 14.5 Å². The molecule has 0 spiro atoms. The SMILES string of the molecule is CCCCCCCNC(=O)C1CC(=O)N(C)C(=Nc2ccc(OC)cc2)S1. The van der Waals surface area contributed by atoms with Crippen LogP contribution in [-0.2, 0) is 9.59 Å². The molecule has 1 N–H and O–H groups in total. The first-order valence-electron chi connectivity index (χ1n) is 9.48. The van der Waals surface area contributed by atoms with Crippen molar-refractivity contribution in [2.75, 3.05) is 20.7 Å². The van der Waals surface area contributed by atoms with Crippen LogP contribution in [0.2, 0.25) is 0 Å². The summed E-state index contributed by atoms with van der Waals surface area (Å²) in [6, 6.07) is 7.28. The van der Waals surface area contributed by atoms with Crippen molar-refractivity contribution >= 4 is 34.4 Å². The van der Waals surface area contributed by atoms with Crippen molar-refractivity contribution in [3.8, 4) is 5.75 Å². The van der Waals surface area contributed by atoms with E-state index >= 15 is 0 Å². The Labute approximate surface area is 165 Å². The second-order valence-corrected chi connectivity index (χ2v) is 7.73. The molecule has 0 saturated carbocycles. The molecule has 6 nitrogen and oxygen atoms in total. The number of hydrogen-bond donors (Lipinski definition) is 1. The molecule has 1 aliphatic rings. The quantitative estimate of drug-likeness (QED) is 0.651. The average Bonchev–Trinajstić information content (AvgIpc) is 2.68. The summed E-state index contributed by atoms with van der Waals surface area (Å²) in [5.74, 6) is 0.569. The predicted octanol–water partition coefficient (Wildman–Crippen LogP) is 3.73. The van der Waals surface area contributed by atoms with Gasteiger partial charge < -0.3 is 10.1 Å². The van der Waals surface area contributed by atoms with Crippen LogP contribution in [0.4, 0.5) is 5.69 Å². The number of ether oxygens (including phenoxy) is 1. The minimum Gasteiger partial charge on any atom is -0.497 e. The summed E-state index contributed by atoms with van der Waals surface area (Å²) >= 11 is 1.34. The van der Waals surface area contributed by atoms with Gasteiger partial charge in [-0.1, -0.05) is 44.4 Å². The number of hydrogen-bond acceptors (Lipinski definition) is 5. The molecular formula is C20H29N3O3S. The molecular weight excluding hydrogens is 362 g/mol. The molecule has 1 fully saturated rings. The van der Waals surface area contributed by atoms with Gasteiger partial charge in [0, 0.05) is 20.0 Å². The summed E-state index contributed by atoms with van der Waals surface area (Å²) in [7, 11) is 3.30. The van der Waals surface area contributed by atoms with E-state index in [4.69, 9.17) is 4.74 Å². The van der Waals surface area contributed by atoms with Crippen LogP contribution in [0.3, 0.4) is 0 Å². The highest BCUT2D eigenvalue weighted by molar-refractivity contribution is 8.15. The predicted molar refractivity (Wildman–Crippen MR) is 111 cm³/mol. The molecule has 0 radical (unpaired) electrons. The summed E-state index contributed by atoms with van der Waals surface area (Å²) in [5.41, 5.74) is 0.718. The molecule has 0 bridgehead atoms. The number of benzene rings is 1. The van der Waals surface area contributed by atoms with E-state index < -0.39 is 5.25 Å². The van der Waals surface area contributed by atoms with E-state index in [0.717, 1.165) is 24.3 Å². The molecule has 2 amide bonds. The Hall–Kier alpha value is -2.02. The number of amides is 2. The standard InChI is InChI=1S/C20H29N3O3S/c1-4-5-6-7-8-13-21-19(25)17-14-18(24)23(2)20(27-17)22-15-9-11-16(26-3)12-10-15/h9-12,17H,4-8,13-14H2,1-3H3,(H,21,25). The smallest absolute Gasteiger partial charge is 0.234 e. The zero-order valence-corrected chi connectivity index (χ0v) is 17.2. The Balaban J connectivity index is 1.94. The van der Waals surface area contributed by atoms with Gasteiger partial charge >= 0.3 is 0 Å². The fourth-order valence-electron chi connectivity index (χ4n) is 2.72. The number of methoxy groups -OCH3 is 1. The van der Waals surface area contributed by atoms with Crippen LogP contribution >= 0.6 is 11.8 Å². The van der Waals surface area contributed by atoms with E-state index in [0.29, 0.717) is 11.7 Å². The minimum atomic E-state index is -0.429. The number of unbranched alkanes of at least 4 members (excludes halogenated alkanes) is 4. The van der Waals surface area contributed by atoms with Crippen molar-refractivity contribution in [3.63, 3.8) is 0 Å². The van der Waals surface area contributed by atoms with E-state index in [1.807, 2.05) is 24.3 Å². The van der Waals surface area contributed by atoms with Crippen LogP contribution < -0.4 is 10.1 Å². The number of carbonyl (C=O) groups excluding carboxylic acids is 2. The molecule has 1 aliphatic heterocycles. The van der Waals surface area contributed by atoms with Crippen LogP contribution in [0.1, 0.15) is 45.4 Å². The first kappa shape index (κ1) is 21.3. The van der Waals surface area contributed by atoms with Crippen molar-refractivity contribution in [2.45, 2.75) is 50.7 Å². The maximum absolute atomic E-state index is 12.4. The second kappa shape index (κ2) is 11.0. The summed E-state index contributed by atoms with van der Waals surface area (Å²) < 4.78 is 5.14. The fourth-order valence-corrected chi connectivity index (χ4v) is 3.81. The lowest BCUT2D eigenvalue weighted by Crippen LogP contribution is -2.45. The topological polar surface area (TPSA) is 71.0 Å². The molecule has 27 heavy (non-hydrogen) atoms. The van der Waals surface area contributed by atoms with Gasteiger partial charge in [-0.05, 0) is 30.7 Å². The van der Waals surface area contributed by atoms with E-state index in [2.05, 4.69) is 17.2 Å². The number of nitrogens with one attached hydrogen (secondary N) is 1. The molecule has 7 heteroatoms. The zero-order valence-electron chi connectivity index (χ0n) is 16.4. The van der Waals surface area contributed by atoms with E-state index in [-0.39, 0.29) is 18.2 Å². The van der Waals surface area contributed by atoms with Crippen LogP contribution in [0.15, 0.2) is 29.3 Å². The number of carbonyl (C=O) groups is 2. The maximum Gasteiger partial charge on any atom is 0.234 e. The normalized spacial score (nSPS) is 18.6. The van der Waals surface area contributed by atoms with Gasteiger partial charge in [0.15, 0.2) is 5.17 Å². The first-order chi connectivity index (χ1) is 13.0. The van der Waals surface area contributed by atoms with Gasteiger partial charge in [0.2, 0.25) is 11.8 Å². The lowest BCUT2D eigenvalue weighted by molar-refractivity contribution is -0.129. The Kier molecular flexibility index (Phi) is 8.64. The molecule has 0 aliphatic carbocycles. The van der Waals surface area contributed by atoms with Crippen LogP contribution in [-0.4, -0.2) is 47.8 Å². The summed E-state index contributed by atoms with van der Waals surface area (Å²) in [5, 5.41) is 3.07. The third-order valence-electron chi connectivity index (χ3n) is 4.44. The highest BCUT2D eigenvalue weighted by atomic mass is 32.2. The Morgan fingerprint density at radius 3 is 2.63 bits per heavy atom. The summed E-state index contributed by atoms with van der Waals surface area (Å²) in [6.45, 7) is 2.84. The maximum atomic E-state index is 12.4. The van der Waals surface area contributed by atoms with Gasteiger partial charge in [-0.25, -0.2) is 4.99 Å². The van der Waals surface area contributed by atoms with Crippen LogP contribution in [0.25, 0.3) is 0 Å². The summed E-state index contributed by atoms with van der Waals surface area (Å²) in [4.78, 5) is 30.8. The van der Waals surface area contributed by atoms with Gasteiger partial charge in [-0.15, -0.1) is 0 Å². The molecule has 1 heterocycles. The molecule has 1 saturated heterocycles. The van der Waals surface area contributed by atoms with Crippen molar-refractivity contribution in [2.24, 2.45) is 4.99 Å². The Bertz CT molecular complexity index is 661. The fraction of sp³-hybridized carbons (Fsp3) is 0.550.